The second-order valence-electron chi connectivity index (χ2n) is 10.7. The lowest BCUT2D eigenvalue weighted by Crippen LogP contribution is -2.35. The van der Waals surface area contributed by atoms with Crippen molar-refractivity contribution in [3.05, 3.63) is 42.5 Å². The summed E-state index contributed by atoms with van der Waals surface area (Å²) >= 11 is 0. The van der Waals surface area contributed by atoms with Crippen molar-refractivity contribution in [3.8, 4) is 5.75 Å². The Morgan fingerprint density at radius 2 is 1.68 bits per heavy atom. The summed E-state index contributed by atoms with van der Waals surface area (Å²) in [4.78, 5) is 5.51. The zero-order valence-electron chi connectivity index (χ0n) is 20.0. The normalized spacial score (nSPS) is 19.2. The number of rotatable bonds is 5. The fourth-order valence-electron chi connectivity index (χ4n) is 5.55. The molecule has 1 saturated carbocycles. The molecule has 3 aromatic rings. The van der Waals surface area contributed by atoms with Crippen molar-refractivity contribution in [1.82, 2.24) is 9.55 Å². The second kappa shape index (κ2) is 8.59. The molecule has 1 N–H and O–H groups in total. The standard InChI is InChI=1S/C25H30F3N3O2S/c1-23(2)13-17(14-24(3,4)15-23)31-21-11-10-19(34(5)32)12-20(21)30-22(31)29-16-6-8-18(9-7-16)33-25(26,27)28/h6-12,17H,13-15H2,1-5H3,(H,29,30). The highest BCUT2D eigenvalue weighted by Crippen LogP contribution is 2.51. The highest BCUT2D eigenvalue weighted by atomic mass is 32.2. The molecule has 1 atom stereocenters. The molecule has 1 aliphatic carbocycles. The monoisotopic (exact) mass is 493 g/mol. The van der Waals surface area contributed by atoms with Crippen LogP contribution in [0.15, 0.2) is 47.4 Å². The highest BCUT2D eigenvalue weighted by molar-refractivity contribution is 7.84. The van der Waals surface area contributed by atoms with Crippen molar-refractivity contribution in [1.29, 1.82) is 0 Å². The van der Waals surface area contributed by atoms with E-state index in [2.05, 4.69) is 42.3 Å². The van der Waals surface area contributed by atoms with E-state index in [9.17, 15) is 17.4 Å². The zero-order valence-corrected chi connectivity index (χ0v) is 20.8. The summed E-state index contributed by atoms with van der Waals surface area (Å²) in [6.07, 6.45) is -0.0487. The number of halogens is 3. The minimum absolute atomic E-state index is 0.141. The van der Waals surface area contributed by atoms with Crippen molar-refractivity contribution in [3.63, 3.8) is 0 Å². The van der Waals surface area contributed by atoms with E-state index in [1.165, 1.54) is 24.3 Å². The van der Waals surface area contributed by atoms with Crippen molar-refractivity contribution < 1.29 is 22.1 Å². The molecule has 0 saturated heterocycles. The van der Waals surface area contributed by atoms with E-state index < -0.39 is 17.2 Å². The van der Waals surface area contributed by atoms with Gasteiger partial charge >= 0.3 is 6.36 Å². The predicted octanol–water partition coefficient (Wildman–Crippen LogP) is 7.19. The van der Waals surface area contributed by atoms with Crippen molar-refractivity contribution in [2.45, 2.75) is 64.3 Å². The zero-order chi connectivity index (χ0) is 24.9. The van der Waals surface area contributed by atoms with Crippen LogP contribution >= 0.6 is 0 Å². The van der Waals surface area contributed by atoms with Gasteiger partial charge in [0.1, 0.15) is 5.75 Å². The largest absolute Gasteiger partial charge is 0.573 e. The first-order valence-electron chi connectivity index (χ1n) is 11.2. The minimum atomic E-state index is -4.74. The van der Waals surface area contributed by atoms with E-state index >= 15 is 0 Å². The van der Waals surface area contributed by atoms with Crippen LogP contribution in [0, 0.1) is 10.8 Å². The van der Waals surface area contributed by atoms with Crippen molar-refractivity contribution in [2.75, 3.05) is 11.6 Å². The fourth-order valence-corrected chi connectivity index (χ4v) is 6.09. The van der Waals surface area contributed by atoms with Gasteiger partial charge in [-0.1, -0.05) is 27.7 Å². The molecule has 184 valence electrons. The van der Waals surface area contributed by atoms with Gasteiger partial charge in [-0.15, -0.1) is 13.2 Å². The first kappa shape index (κ1) is 24.6. The molecule has 1 fully saturated rings. The van der Waals surface area contributed by atoms with Crippen LogP contribution in [0.1, 0.15) is 53.0 Å². The maximum atomic E-state index is 12.5. The van der Waals surface area contributed by atoms with E-state index in [-0.39, 0.29) is 22.6 Å². The molecule has 0 aliphatic heterocycles. The first-order valence-corrected chi connectivity index (χ1v) is 12.8. The van der Waals surface area contributed by atoms with Crippen LogP contribution in [0.4, 0.5) is 24.8 Å². The fraction of sp³-hybridized carbons (Fsp3) is 0.480. The van der Waals surface area contributed by atoms with Crippen LogP contribution in [0.5, 0.6) is 5.75 Å². The first-order chi connectivity index (χ1) is 15.7. The van der Waals surface area contributed by atoms with Crippen molar-refractivity contribution >= 4 is 33.5 Å². The van der Waals surface area contributed by atoms with Crippen LogP contribution in [0.2, 0.25) is 0 Å². The summed E-state index contributed by atoms with van der Waals surface area (Å²) in [7, 11) is -1.14. The average molecular weight is 494 g/mol. The molecule has 0 bridgehead atoms. The second-order valence-corrected chi connectivity index (χ2v) is 12.1. The molecular formula is C25H30F3N3O2S. The van der Waals surface area contributed by atoms with E-state index in [0.29, 0.717) is 16.5 Å². The number of alkyl halides is 3. The van der Waals surface area contributed by atoms with E-state index in [0.717, 1.165) is 30.3 Å². The molecule has 1 aliphatic rings. The third-order valence-corrected chi connectivity index (χ3v) is 7.15. The Labute approximate surface area is 200 Å². The SMILES string of the molecule is CS(=O)c1ccc2c(c1)nc(Nc1ccc(OC(F)(F)F)cc1)n2C1CC(C)(C)CC(C)(C)C1. The predicted molar refractivity (Wildman–Crippen MR) is 129 cm³/mol. The molecule has 0 spiro atoms. The average Bonchev–Trinajstić information content (AvgIpc) is 3.03. The number of ether oxygens (including phenoxy) is 1. The Balaban J connectivity index is 1.75. The van der Waals surface area contributed by atoms with E-state index in [4.69, 9.17) is 4.98 Å². The summed E-state index contributed by atoms with van der Waals surface area (Å²) in [5.74, 6) is 0.328. The molecule has 1 heterocycles. The smallest absolute Gasteiger partial charge is 0.406 e. The molecule has 1 unspecified atom stereocenters. The van der Waals surface area contributed by atoms with Gasteiger partial charge in [-0.3, -0.25) is 4.21 Å². The number of imidazole rings is 1. The van der Waals surface area contributed by atoms with Crippen LogP contribution in [0.25, 0.3) is 11.0 Å². The number of nitrogens with one attached hydrogen (secondary N) is 1. The third kappa shape index (κ3) is 5.56. The summed E-state index contributed by atoms with van der Waals surface area (Å²) in [6, 6.07) is 11.5. The van der Waals surface area contributed by atoms with Crippen LogP contribution in [-0.4, -0.2) is 26.4 Å². The Kier molecular flexibility index (Phi) is 6.21. The molecule has 34 heavy (non-hydrogen) atoms. The Hall–Kier alpha value is -2.55. The number of hydrogen-bond acceptors (Lipinski definition) is 4. The van der Waals surface area contributed by atoms with Crippen LogP contribution in [0.3, 0.4) is 0 Å². The Bertz CT molecular complexity index is 1200. The molecule has 5 nitrogen and oxygen atoms in total. The number of hydrogen-bond donors (Lipinski definition) is 1. The van der Waals surface area contributed by atoms with E-state index in [1.807, 2.05) is 18.2 Å². The number of aromatic nitrogens is 2. The lowest BCUT2D eigenvalue weighted by molar-refractivity contribution is -0.274. The van der Waals surface area contributed by atoms with Gasteiger partial charge in [-0.2, -0.15) is 0 Å². The van der Waals surface area contributed by atoms with Gasteiger partial charge in [-0.05, 0) is 72.6 Å². The number of nitrogens with zero attached hydrogens (tertiary/aromatic N) is 2. The van der Waals surface area contributed by atoms with Gasteiger partial charge in [0.25, 0.3) is 0 Å². The maximum Gasteiger partial charge on any atom is 0.573 e. The van der Waals surface area contributed by atoms with Gasteiger partial charge in [0, 0.05) is 33.7 Å². The molecule has 0 radical (unpaired) electrons. The van der Waals surface area contributed by atoms with Gasteiger partial charge in [-0.25, -0.2) is 4.98 Å². The quantitative estimate of drug-likeness (QED) is 0.409. The summed E-state index contributed by atoms with van der Waals surface area (Å²) in [6.45, 7) is 9.13. The Morgan fingerprint density at radius 1 is 1.06 bits per heavy atom. The summed E-state index contributed by atoms with van der Waals surface area (Å²) < 4.78 is 55.7. The number of anilines is 2. The molecule has 2 aromatic carbocycles. The van der Waals surface area contributed by atoms with Gasteiger partial charge < -0.3 is 14.6 Å². The van der Waals surface area contributed by atoms with Gasteiger partial charge in [0.2, 0.25) is 5.95 Å². The topological polar surface area (TPSA) is 56.1 Å². The van der Waals surface area contributed by atoms with Crippen molar-refractivity contribution in [2.24, 2.45) is 10.8 Å². The molecule has 9 heteroatoms. The molecule has 4 rings (SSSR count). The van der Waals surface area contributed by atoms with Crippen LogP contribution in [-0.2, 0) is 10.8 Å². The maximum absolute atomic E-state index is 12.5. The minimum Gasteiger partial charge on any atom is -0.406 e. The number of fused-ring (bicyclic) bond motifs is 1. The summed E-state index contributed by atoms with van der Waals surface area (Å²) in [5.41, 5.74) is 2.55. The van der Waals surface area contributed by atoms with Crippen LogP contribution < -0.4 is 10.1 Å². The molecule has 1 aromatic heterocycles. The lowest BCUT2D eigenvalue weighted by Gasteiger charge is -2.45. The van der Waals surface area contributed by atoms with Gasteiger partial charge in [0.05, 0.1) is 11.0 Å². The molecule has 0 amide bonds. The number of benzene rings is 2. The molecular weight excluding hydrogens is 463 g/mol. The third-order valence-electron chi connectivity index (χ3n) is 6.24. The van der Waals surface area contributed by atoms with Gasteiger partial charge in [0.15, 0.2) is 0 Å². The lowest BCUT2D eigenvalue weighted by atomic mass is 9.63. The summed E-state index contributed by atoms with van der Waals surface area (Å²) in [5, 5.41) is 3.29. The highest BCUT2D eigenvalue weighted by Gasteiger charge is 2.40. The Morgan fingerprint density at radius 3 is 2.24 bits per heavy atom. The van der Waals surface area contributed by atoms with E-state index in [1.54, 1.807) is 6.26 Å².